The Morgan fingerprint density at radius 3 is 2.53 bits per heavy atom. The van der Waals surface area contributed by atoms with Gasteiger partial charge >= 0.3 is 0 Å². The highest BCUT2D eigenvalue weighted by molar-refractivity contribution is 5.78. The molecule has 98 valence electrons. The molecule has 1 unspecified atom stereocenters. The Labute approximate surface area is 105 Å². The van der Waals surface area contributed by atoms with Gasteiger partial charge in [-0.1, -0.05) is 32.6 Å². The van der Waals surface area contributed by atoms with Crippen LogP contribution in [0.4, 0.5) is 0 Å². The Balaban J connectivity index is 1.70. The molecule has 2 rings (SSSR count). The van der Waals surface area contributed by atoms with Gasteiger partial charge in [-0.2, -0.15) is 0 Å². The molecule has 0 aromatic rings. The molecule has 1 saturated heterocycles. The van der Waals surface area contributed by atoms with Crippen molar-refractivity contribution in [2.24, 2.45) is 11.8 Å². The summed E-state index contributed by atoms with van der Waals surface area (Å²) >= 11 is 0. The van der Waals surface area contributed by atoms with Crippen LogP contribution in [-0.2, 0) is 4.79 Å². The van der Waals surface area contributed by atoms with E-state index < -0.39 is 0 Å². The van der Waals surface area contributed by atoms with Gasteiger partial charge < -0.3 is 10.6 Å². The fraction of sp³-hybridized carbons (Fsp3) is 0.929. The van der Waals surface area contributed by atoms with Crippen molar-refractivity contribution in [1.29, 1.82) is 0 Å². The molecule has 0 spiro atoms. The maximum absolute atomic E-state index is 12.1. The van der Waals surface area contributed by atoms with E-state index >= 15 is 0 Å². The van der Waals surface area contributed by atoms with Crippen LogP contribution in [0.3, 0.4) is 0 Å². The van der Waals surface area contributed by atoms with Crippen LogP contribution in [0.15, 0.2) is 0 Å². The molecule has 0 radical (unpaired) electrons. The minimum atomic E-state index is 0.202. The number of hydrogen-bond donors (Lipinski definition) is 2. The lowest BCUT2D eigenvalue weighted by atomic mass is 9.93. The topological polar surface area (TPSA) is 41.1 Å². The molecule has 0 aromatic heterocycles. The molecule has 2 N–H and O–H groups in total. The van der Waals surface area contributed by atoms with Crippen LogP contribution in [0.1, 0.15) is 51.9 Å². The molecule has 17 heavy (non-hydrogen) atoms. The van der Waals surface area contributed by atoms with Gasteiger partial charge in [0.15, 0.2) is 0 Å². The number of carbonyl (C=O) groups is 1. The first-order valence-corrected chi connectivity index (χ1v) is 7.27. The van der Waals surface area contributed by atoms with E-state index in [2.05, 4.69) is 17.6 Å². The molecule has 3 heteroatoms. The molecule has 2 fully saturated rings. The quantitative estimate of drug-likeness (QED) is 0.787. The number of amides is 1. The molecule has 1 heterocycles. The third kappa shape index (κ3) is 3.98. The average Bonchev–Trinajstić information content (AvgIpc) is 2.83. The van der Waals surface area contributed by atoms with Gasteiger partial charge in [0, 0.05) is 12.0 Å². The van der Waals surface area contributed by atoms with Crippen molar-refractivity contribution >= 4 is 5.91 Å². The minimum Gasteiger partial charge on any atom is -0.353 e. The van der Waals surface area contributed by atoms with Crippen LogP contribution >= 0.6 is 0 Å². The Morgan fingerprint density at radius 1 is 1.24 bits per heavy atom. The molecule has 2 aliphatic rings. The summed E-state index contributed by atoms with van der Waals surface area (Å²) in [7, 11) is 0. The Morgan fingerprint density at radius 2 is 1.88 bits per heavy atom. The third-order valence-corrected chi connectivity index (χ3v) is 4.29. The van der Waals surface area contributed by atoms with Crippen LogP contribution in [-0.4, -0.2) is 25.0 Å². The lowest BCUT2D eigenvalue weighted by molar-refractivity contribution is -0.125. The number of rotatable bonds is 4. The van der Waals surface area contributed by atoms with Crippen LogP contribution in [0.2, 0.25) is 0 Å². The van der Waals surface area contributed by atoms with Crippen LogP contribution < -0.4 is 10.6 Å². The molecule has 1 atom stereocenters. The summed E-state index contributed by atoms with van der Waals surface area (Å²) in [5, 5.41) is 6.54. The van der Waals surface area contributed by atoms with Crippen molar-refractivity contribution in [3.63, 3.8) is 0 Å². The van der Waals surface area contributed by atoms with Crippen LogP contribution in [0, 0.1) is 11.8 Å². The molecule has 1 saturated carbocycles. The highest BCUT2D eigenvalue weighted by Crippen LogP contribution is 2.30. The largest absolute Gasteiger partial charge is 0.353 e. The van der Waals surface area contributed by atoms with E-state index in [1.807, 2.05) is 0 Å². The van der Waals surface area contributed by atoms with Gasteiger partial charge in [-0.15, -0.1) is 0 Å². The summed E-state index contributed by atoms with van der Waals surface area (Å²) in [5.74, 6) is 1.29. The van der Waals surface area contributed by atoms with Crippen molar-refractivity contribution in [3.05, 3.63) is 0 Å². The first kappa shape index (κ1) is 12.9. The number of piperidine rings is 1. The second-order valence-electron chi connectivity index (χ2n) is 5.82. The van der Waals surface area contributed by atoms with E-state index in [1.54, 1.807) is 0 Å². The predicted molar refractivity (Wildman–Crippen MR) is 69.8 cm³/mol. The maximum Gasteiger partial charge on any atom is 0.223 e. The normalized spacial score (nSPS) is 24.8. The van der Waals surface area contributed by atoms with Crippen molar-refractivity contribution in [2.75, 3.05) is 13.1 Å². The molecule has 0 aromatic carbocycles. The summed E-state index contributed by atoms with van der Waals surface area (Å²) in [5.41, 5.74) is 0. The van der Waals surface area contributed by atoms with E-state index in [-0.39, 0.29) is 11.8 Å². The van der Waals surface area contributed by atoms with Crippen molar-refractivity contribution in [3.8, 4) is 0 Å². The molecular weight excluding hydrogens is 212 g/mol. The van der Waals surface area contributed by atoms with Gasteiger partial charge in [-0.05, 0) is 38.3 Å². The molecule has 1 aliphatic heterocycles. The second-order valence-corrected chi connectivity index (χ2v) is 5.82. The SMILES string of the molecule is CC(CC1CCCC1)C(=O)NC1CCNCC1. The minimum absolute atomic E-state index is 0.202. The maximum atomic E-state index is 12.1. The summed E-state index contributed by atoms with van der Waals surface area (Å²) in [6.07, 6.45) is 8.68. The zero-order valence-corrected chi connectivity index (χ0v) is 11.0. The molecular formula is C14H26N2O. The van der Waals surface area contributed by atoms with Crippen LogP contribution in [0.25, 0.3) is 0 Å². The van der Waals surface area contributed by atoms with Crippen molar-refractivity contribution < 1.29 is 4.79 Å². The van der Waals surface area contributed by atoms with Gasteiger partial charge in [-0.25, -0.2) is 0 Å². The van der Waals surface area contributed by atoms with Crippen molar-refractivity contribution in [1.82, 2.24) is 10.6 Å². The Kier molecular flexibility index (Phi) is 4.84. The molecule has 0 bridgehead atoms. The van der Waals surface area contributed by atoms with Crippen molar-refractivity contribution in [2.45, 2.75) is 57.9 Å². The first-order chi connectivity index (χ1) is 8.25. The number of nitrogens with one attached hydrogen (secondary N) is 2. The lowest BCUT2D eigenvalue weighted by Gasteiger charge is -2.25. The van der Waals surface area contributed by atoms with Crippen LogP contribution in [0.5, 0.6) is 0 Å². The Hall–Kier alpha value is -0.570. The van der Waals surface area contributed by atoms with E-state index in [0.717, 1.165) is 38.3 Å². The number of carbonyl (C=O) groups excluding carboxylic acids is 1. The fourth-order valence-electron chi connectivity index (χ4n) is 3.16. The first-order valence-electron chi connectivity index (χ1n) is 7.27. The Bertz CT molecular complexity index is 243. The van der Waals surface area contributed by atoms with Gasteiger partial charge in [0.1, 0.15) is 0 Å². The lowest BCUT2D eigenvalue weighted by Crippen LogP contribution is -2.44. The molecule has 1 aliphatic carbocycles. The summed E-state index contributed by atoms with van der Waals surface area (Å²) < 4.78 is 0. The zero-order chi connectivity index (χ0) is 12.1. The highest BCUT2D eigenvalue weighted by atomic mass is 16.1. The fourth-order valence-corrected chi connectivity index (χ4v) is 3.16. The van der Waals surface area contributed by atoms with E-state index in [0.29, 0.717) is 6.04 Å². The van der Waals surface area contributed by atoms with Gasteiger partial charge in [0.25, 0.3) is 0 Å². The van der Waals surface area contributed by atoms with Gasteiger partial charge in [0.2, 0.25) is 5.91 Å². The zero-order valence-electron chi connectivity index (χ0n) is 11.0. The second kappa shape index (κ2) is 6.39. The molecule has 3 nitrogen and oxygen atoms in total. The smallest absolute Gasteiger partial charge is 0.223 e. The monoisotopic (exact) mass is 238 g/mol. The summed E-state index contributed by atoms with van der Waals surface area (Å²) in [4.78, 5) is 12.1. The van der Waals surface area contributed by atoms with Gasteiger partial charge in [0.05, 0.1) is 0 Å². The summed E-state index contributed by atoms with van der Waals surface area (Å²) in [6, 6.07) is 0.412. The molecule has 1 amide bonds. The van der Waals surface area contributed by atoms with E-state index in [4.69, 9.17) is 0 Å². The third-order valence-electron chi connectivity index (χ3n) is 4.29. The van der Waals surface area contributed by atoms with E-state index in [9.17, 15) is 4.79 Å². The van der Waals surface area contributed by atoms with Gasteiger partial charge in [-0.3, -0.25) is 4.79 Å². The predicted octanol–water partition coefficient (Wildman–Crippen LogP) is 2.07. The standard InChI is InChI=1S/C14H26N2O/c1-11(10-12-4-2-3-5-12)14(17)16-13-6-8-15-9-7-13/h11-13,15H,2-10H2,1H3,(H,16,17). The van der Waals surface area contributed by atoms with E-state index in [1.165, 1.54) is 25.7 Å². The summed E-state index contributed by atoms with van der Waals surface area (Å²) in [6.45, 7) is 4.18. The number of hydrogen-bond acceptors (Lipinski definition) is 2. The highest BCUT2D eigenvalue weighted by Gasteiger charge is 2.23. The average molecular weight is 238 g/mol.